The highest BCUT2D eigenvalue weighted by Crippen LogP contribution is 2.32. The molecular formula is C15H20F2N2. The molecule has 1 aromatic rings. The van der Waals surface area contributed by atoms with Crippen LogP contribution in [-0.4, -0.2) is 30.1 Å². The van der Waals surface area contributed by atoms with Gasteiger partial charge in [-0.1, -0.05) is 18.9 Å². The van der Waals surface area contributed by atoms with E-state index in [1.807, 2.05) is 0 Å². The van der Waals surface area contributed by atoms with Crippen LogP contribution in [0.5, 0.6) is 0 Å². The zero-order valence-corrected chi connectivity index (χ0v) is 11.1. The molecule has 4 heteroatoms. The van der Waals surface area contributed by atoms with Crippen molar-refractivity contribution in [2.45, 2.75) is 37.8 Å². The predicted octanol–water partition coefficient (Wildman–Crippen LogP) is 2.68. The molecule has 1 saturated carbocycles. The van der Waals surface area contributed by atoms with Crippen LogP contribution in [0.2, 0.25) is 0 Å². The largest absolute Gasteiger partial charge is 0.309 e. The first-order chi connectivity index (χ1) is 9.17. The molecule has 1 N–H and O–H groups in total. The monoisotopic (exact) mass is 266 g/mol. The molecule has 0 amide bonds. The Morgan fingerprint density at radius 3 is 2.74 bits per heavy atom. The molecular weight excluding hydrogens is 246 g/mol. The molecule has 0 unspecified atom stereocenters. The summed E-state index contributed by atoms with van der Waals surface area (Å²) >= 11 is 0. The van der Waals surface area contributed by atoms with Crippen molar-refractivity contribution in [3.63, 3.8) is 0 Å². The molecule has 1 aliphatic carbocycles. The number of hydrogen-bond acceptors (Lipinski definition) is 2. The second-order valence-corrected chi connectivity index (χ2v) is 5.86. The lowest BCUT2D eigenvalue weighted by Gasteiger charge is -2.41. The summed E-state index contributed by atoms with van der Waals surface area (Å²) in [7, 11) is 0. The molecule has 1 aliphatic heterocycles. The molecule has 19 heavy (non-hydrogen) atoms. The lowest BCUT2D eigenvalue weighted by atomic mass is 9.94. The maximum Gasteiger partial charge on any atom is 0.130 e. The Morgan fingerprint density at radius 2 is 2.00 bits per heavy atom. The van der Waals surface area contributed by atoms with Crippen molar-refractivity contribution in [3.8, 4) is 0 Å². The zero-order valence-electron chi connectivity index (χ0n) is 11.1. The standard InChI is InChI=1S/C15H20F2N2/c16-13-4-3-12(14(17)9-13)10-19-8-7-18-15(11-19)5-1-2-6-15/h3-4,9,18H,1-2,5-8,10-11H2. The van der Waals surface area contributed by atoms with Crippen LogP contribution < -0.4 is 5.32 Å². The van der Waals surface area contributed by atoms with Gasteiger partial charge in [-0.15, -0.1) is 0 Å². The fraction of sp³-hybridized carbons (Fsp3) is 0.600. The Morgan fingerprint density at radius 1 is 1.21 bits per heavy atom. The van der Waals surface area contributed by atoms with Gasteiger partial charge in [0.05, 0.1) is 0 Å². The van der Waals surface area contributed by atoms with Crippen LogP contribution in [0.4, 0.5) is 8.78 Å². The van der Waals surface area contributed by atoms with E-state index in [4.69, 9.17) is 0 Å². The van der Waals surface area contributed by atoms with Crippen molar-refractivity contribution in [1.82, 2.24) is 10.2 Å². The van der Waals surface area contributed by atoms with Gasteiger partial charge in [0.1, 0.15) is 11.6 Å². The average Bonchev–Trinajstić information content (AvgIpc) is 2.81. The highest BCUT2D eigenvalue weighted by atomic mass is 19.1. The Labute approximate surface area is 112 Å². The first-order valence-corrected chi connectivity index (χ1v) is 7.08. The lowest BCUT2D eigenvalue weighted by Crippen LogP contribution is -2.58. The minimum atomic E-state index is -0.506. The number of halogens is 2. The predicted molar refractivity (Wildman–Crippen MR) is 70.8 cm³/mol. The molecule has 0 radical (unpaired) electrons. The second kappa shape index (κ2) is 5.17. The summed E-state index contributed by atoms with van der Waals surface area (Å²) in [6.07, 6.45) is 5.00. The number of rotatable bonds is 2. The maximum atomic E-state index is 13.7. The van der Waals surface area contributed by atoms with Crippen LogP contribution in [0.3, 0.4) is 0 Å². The van der Waals surface area contributed by atoms with Crippen molar-refractivity contribution in [2.75, 3.05) is 19.6 Å². The summed E-state index contributed by atoms with van der Waals surface area (Å²) in [5, 5.41) is 3.64. The molecule has 0 aromatic heterocycles. The number of nitrogens with one attached hydrogen (secondary N) is 1. The molecule has 1 heterocycles. The van der Waals surface area contributed by atoms with E-state index in [2.05, 4.69) is 10.2 Å². The van der Waals surface area contributed by atoms with Crippen LogP contribution >= 0.6 is 0 Å². The SMILES string of the molecule is Fc1ccc(CN2CCNC3(CCCC3)C2)c(F)c1. The molecule has 2 aliphatic rings. The van der Waals surface area contributed by atoms with Crippen molar-refractivity contribution < 1.29 is 8.78 Å². The Balaban J connectivity index is 1.69. The first kappa shape index (κ1) is 13.0. The Bertz CT molecular complexity index is 455. The molecule has 0 bridgehead atoms. The van der Waals surface area contributed by atoms with Crippen LogP contribution in [-0.2, 0) is 6.54 Å². The maximum absolute atomic E-state index is 13.7. The summed E-state index contributed by atoms with van der Waals surface area (Å²) in [5.41, 5.74) is 0.839. The highest BCUT2D eigenvalue weighted by Gasteiger charge is 2.37. The van der Waals surface area contributed by atoms with Gasteiger partial charge in [0.25, 0.3) is 0 Å². The van der Waals surface area contributed by atoms with E-state index in [1.54, 1.807) is 6.07 Å². The minimum Gasteiger partial charge on any atom is -0.309 e. The Hall–Kier alpha value is -1.00. The average molecular weight is 266 g/mol. The van der Waals surface area contributed by atoms with Gasteiger partial charge in [-0.2, -0.15) is 0 Å². The molecule has 2 fully saturated rings. The van der Waals surface area contributed by atoms with Gasteiger partial charge in [0.15, 0.2) is 0 Å². The van der Waals surface area contributed by atoms with Crippen LogP contribution in [0.1, 0.15) is 31.2 Å². The third-order valence-electron chi connectivity index (χ3n) is 4.42. The van der Waals surface area contributed by atoms with Gasteiger partial charge in [-0.3, -0.25) is 4.90 Å². The van der Waals surface area contributed by atoms with Gasteiger partial charge < -0.3 is 5.32 Å². The fourth-order valence-electron chi connectivity index (χ4n) is 3.45. The van der Waals surface area contributed by atoms with E-state index < -0.39 is 11.6 Å². The highest BCUT2D eigenvalue weighted by molar-refractivity contribution is 5.18. The molecule has 2 nitrogen and oxygen atoms in total. The van der Waals surface area contributed by atoms with Gasteiger partial charge >= 0.3 is 0 Å². The number of nitrogens with zero attached hydrogens (tertiary/aromatic N) is 1. The third-order valence-corrected chi connectivity index (χ3v) is 4.42. The van der Waals surface area contributed by atoms with E-state index in [0.717, 1.165) is 25.7 Å². The van der Waals surface area contributed by atoms with E-state index in [9.17, 15) is 8.78 Å². The topological polar surface area (TPSA) is 15.3 Å². The number of piperazine rings is 1. The van der Waals surface area contributed by atoms with Gasteiger partial charge in [0, 0.05) is 43.3 Å². The first-order valence-electron chi connectivity index (χ1n) is 7.08. The summed E-state index contributed by atoms with van der Waals surface area (Å²) in [6, 6.07) is 3.88. The van der Waals surface area contributed by atoms with E-state index in [-0.39, 0.29) is 5.54 Å². The molecule has 1 aromatic carbocycles. The quantitative estimate of drug-likeness (QED) is 0.885. The molecule has 1 saturated heterocycles. The summed E-state index contributed by atoms with van der Waals surface area (Å²) in [4.78, 5) is 2.29. The number of hydrogen-bond donors (Lipinski definition) is 1. The molecule has 1 spiro atoms. The Kier molecular flexibility index (Phi) is 3.54. The number of benzene rings is 1. The van der Waals surface area contributed by atoms with Gasteiger partial charge in [-0.05, 0) is 18.9 Å². The fourth-order valence-corrected chi connectivity index (χ4v) is 3.45. The zero-order chi connectivity index (χ0) is 13.3. The van der Waals surface area contributed by atoms with Crippen molar-refractivity contribution in [2.24, 2.45) is 0 Å². The second-order valence-electron chi connectivity index (χ2n) is 5.86. The summed E-state index contributed by atoms with van der Waals surface area (Å²) in [6.45, 7) is 3.45. The smallest absolute Gasteiger partial charge is 0.130 e. The third kappa shape index (κ3) is 2.79. The van der Waals surface area contributed by atoms with Crippen molar-refractivity contribution >= 4 is 0 Å². The molecule has 104 valence electrons. The van der Waals surface area contributed by atoms with Crippen molar-refractivity contribution in [3.05, 3.63) is 35.4 Å². The van der Waals surface area contributed by atoms with E-state index in [1.165, 1.54) is 31.7 Å². The normalized spacial score (nSPS) is 23.1. The molecule has 3 rings (SSSR count). The van der Waals surface area contributed by atoms with E-state index >= 15 is 0 Å². The summed E-state index contributed by atoms with van der Waals surface area (Å²) in [5.74, 6) is -0.937. The van der Waals surface area contributed by atoms with E-state index in [0.29, 0.717) is 12.1 Å². The van der Waals surface area contributed by atoms with Crippen LogP contribution in [0.25, 0.3) is 0 Å². The lowest BCUT2D eigenvalue weighted by molar-refractivity contribution is 0.127. The van der Waals surface area contributed by atoms with Gasteiger partial charge in [-0.25, -0.2) is 8.78 Å². The molecule has 0 atom stereocenters. The van der Waals surface area contributed by atoms with Crippen molar-refractivity contribution in [1.29, 1.82) is 0 Å². The van der Waals surface area contributed by atoms with Crippen LogP contribution in [0.15, 0.2) is 18.2 Å². The van der Waals surface area contributed by atoms with Crippen LogP contribution in [0, 0.1) is 11.6 Å². The minimum absolute atomic E-state index is 0.245. The van der Waals surface area contributed by atoms with Gasteiger partial charge in [0.2, 0.25) is 0 Å². The summed E-state index contributed by atoms with van der Waals surface area (Å²) < 4.78 is 26.6.